The number of carbonyl (C=O) groups is 1. The van der Waals surface area contributed by atoms with Gasteiger partial charge in [-0.15, -0.1) is 0 Å². The maximum absolute atomic E-state index is 12.2. The summed E-state index contributed by atoms with van der Waals surface area (Å²) in [5.41, 5.74) is 0.0758. The molecule has 2 atom stereocenters. The third-order valence-corrected chi connectivity index (χ3v) is 6.93. The van der Waals surface area contributed by atoms with Crippen molar-refractivity contribution in [2.24, 2.45) is 5.16 Å². The van der Waals surface area contributed by atoms with E-state index in [0.717, 1.165) is 12.8 Å². The molecule has 3 rings (SSSR count). The number of hydrogen-bond donors (Lipinski definition) is 1. The van der Waals surface area contributed by atoms with Crippen molar-refractivity contribution in [2.45, 2.75) is 61.4 Å². The Morgan fingerprint density at radius 2 is 1.81 bits per heavy atom. The molecular weight excluding hydrogens is 358 g/mol. The van der Waals surface area contributed by atoms with Gasteiger partial charge >= 0.3 is 5.97 Å². The topological polar surface area (TPSA) is 102 Å². The zero-order chi connectivity index (χ0) is 18.7. The van der Waals surface area contributed by atoms with E-state index in [9.17, 15) is 18.3 Å². The van der Waals surface area contributed by atoms with Crippen LogP contribution in [0.25, 0.3) is 0 Å². The lowest BCUT2D eigenvalue weighted by Crippen LogP contribution is -2.18. The summed E-state index contributed by atoms with van der Waals surface area (Å²) in [5, 5.41) is 12.9. The fraction of sp³-hybridized carbons (Fsp3) is 0.556. The van der Waals surface area contributed by atoms with Crippen LogP contribution < -0.4 is 0 Å². The van der Waals surface area contributed by atoms with Gasteiger partial charge in [0.2, 0.25) is 0 Å². The minimum atomic E-state index is -3.30. The molecule has 1 N–H and O–H groups in total. The molecule has 2 saturated carbocycles. The number of oxime groups is 1. The number of carboxylic acids is 1. The Kier molecular flexibility index (Phi) is 5.62. The SMILES string of the molecule is CCOC1CC[C@@H](ON=C(C(=O)O)c2ccc(S(=O)(=O)C3CC3)cc2)C1. The molecule has 0 aliphatic heterocycles. The van der Waals surface area contributed by atoms with Crippen LogP contribution in [0.4, 0.5) is 0 Å². The smallest absolute Gasteiger partial charge is 0.358 e. The van der Waals surface area contributed by atoms with Crippen LogP contribution in [0.15, 0.2) is 34.3 Å². The summed E-state index contributed by atoms with van der Waals surface area (Å²) in [6, 6.07) is 5.79. The van der Waals surface area contributed by atoms with E-state index in [1.165, 1.54) is 24.3 Å². The van der Waals surface area contributed by atoms with E-state index in [-0.39, 0.29) is 28.1 Å². The lowest BCUT2D eigenvalue weighted by atomic mass is 10.1. The molecule has 1 aromatic carbocycles. The van der Waals surface area contributed by atoms with Gasteiger partial charge in [0, 0.05) is 18.6 Å². The van der Waals surface area contributed by atoms with E-state index in [1.54, 1.807) is 0 Å². The predicted molar refractivity (Wildman–Crippen MR) is 95.0 cm³/mol. The van der Waals surface area contributed by atoms with Crippen LogP contribution in [0, 0.1) is 0 Å². The van der Waals surface area contributed by atoms with Gasteiger partial charge in [0.25, 0.3) is 0 Å². The largest absolute Gasteiger partial charge is 0.476 e. The highest BCUT2D eigenvalue weighted by Crippen LogP contribution is 2.33. The van der Waals surface area contributed by atoms with Crippen molar-refractivity contribution in [3.63, 3.8) is 0 Å². The first-order valence-electron chi connectivity index (χ1n) is 8.85. The van der Waals surface area contributed by atoms with Gasteiger partial charge in [0.15, 0.2) is 15.5 Å². The number of hydrogen-bond acceptors (Lipinski definition) is 6. The summed E-state index contributed by atoms with van der Waals surface area (Å²) in [7, 11) is -3.30. The summed E-state index contributed by atoms with van der Waals surface area (Å²) in [6.45, 7) is 2.57. The first-order valence-corrected chi connectivity index (χ1v) is 10.4. The molecule has 2 aliphatic carbocycles. The number of nitrogens with zero attached hydrogens (tertiary/aromatic N) is 1. The number of ether oxygens (including phenoxy) is 1. The Hall–Kier alpha value is -1.93. The fourth-order valence-corrected chi connectivity index (χ4v) is 4.76. The molecule has 0 bridgehead atoms. The van der Waals surface area contributed by atoms with Crippen molar-refractivity contribution in [1.29, 1.82) is 0 Å². The molecular formula is C18H23NO6S. The highest BCUT2D eigenvalue weighted by Gasteiger charge is 2.36. The first kappa shape index (κ1) is 18.8. The summed E-state index contributed by atoms with van der Waals surface area (Å²) in [6.07, 6.45) is 3.64. The quantitative estimate of drug-likeness (QED) is 0.548. The molecule has 8 heteroatoms. The zero-order valence-electron chi connectivity index (χ0n) is 14.6. The van der Waals surface area contributed by atoms with Crippen LogP contribution in [0.5, 0.6) is 0 Å². The van der Waals surface area contributed by atoms with E-state index in [4.69, 9.17) is 9.57 Å². The van der Waals surface area contributed by atoms with Crippen molar-refractivity contribution in [3.8, 4) is 0 Å². The van der Waals surface area contributed by atoms with Crippen LogP contribution >= 0.6 is 0 Å². The zero-order valence-corrected chi connectivity index (χ0v) is 15.4. The number of benzene rings is 1. The van der Waals surface area contributed by atoms with Crippen molar-refractivity contribution < 1.29 is 27.9 Å². The van der Waals surface area contributed by atoms with E-state index < -0.39 is 15.8 Å². The van der Waals surface area contributed by atoms with E-state index in [0.29, 0.717) is 31.4 Å². The molecule has 0 aromatic heterocycles. The lowest BCUT2D eigenvalue weighted by Gasteiger charge is -2.11. The number of carboxylic acid groups (broad SMARTS) is 1. The Balaban J connectivity index is 1.70. The van der Waals surface area contributed by atoms with Crippen molar-refractivity contribution in [3.05, 3.63) is 29.8 Å². The first-order chi connectivity index (χ1) is 12.4. The average molecular weight is 381 g/mol. The van der Waals surface area contributed by atoms with Gasteiger partial charge in [-0.25, -0.2) is 13.2 Å². The molecule has 1 unspecified atom stereocenters. The number of sulfone groups is 1. The van der Waals surface area contributed by atoms with Gasteiger partial charge in [-0.1, -0.05) is 17.3 Å². The summed E-state index contributed by atoms with van der Waals surface area (Å²) in [5.74, 6) is -1.22. The third-order valence-electron chi connectivity index (χ3n) is 4.65. The Morgan fingerprint density at radius 1 is 1.15 bits per heavy atom. The summed E-state index contributed by atoms with van der Waals surface area (Å²) < 4.78 is 30.0. The lowest BCUT2D eigenvalue weighted by molar-refractivity contribution is -0.129. The Morgan fingerprint density at radius 3 is 2.38 bits per heavy atom. The standard InChI is InChI=1S/C18H23NO6S/c1-2-24-13-5-6-14(11-13)25-19-17(18(20)21)12-3-7-15(8-4-12)26(22,23)16-9-10-16/h3-4,7-8,13-14,16H,2,5-6,9-11H2,1H3,(H,20,21)/t13?,14-/m1/s1. The molecule has 0 amide bonds. The highest BCUT2D eigenvalue weighted by atomic mass is 32.2. The Labute approximate surface area is 152 Å². The maximum Gasteiger partial charge on any atom is 0.358 e. The molecule has 2 aliphatic rings. The van der Waals surface area contributed by atoms with Gasteiger partial charge in [0.1, 0.15) is 6.10 Å². The molecule has 0 radical (unpaired) electrons. The van der Waals surface area contributed by atoms with Crippen LogP contribution in [0.1, 0.15) is 44.6 Å². The second-order valence-electron chi connectivity index (χ2n) is 6.63. The van der Waals surface area contributed by atoms with Gasteiger partial charge < -0.3 is 14.7 Å². The predicted octanol–water partition coefficient (Wildman–Crippen LogP) is 2.39. The molecule has 0 saturated heterocycles. The van der Waals surface area contributed by atoms with E-state index in [2.05, 4.69) is 5.16 Å². The molecule has 0 spiro atoms. The molecule has 0 heterocycles. The van der Waals surface area contributed by atoms with Crippen LogP contribution in [-0.4, -0.2) is 49.3 Å². The van der Waals surface area contributed by atoms with Crippen molar-refractivity contribution in [1.82, 2.24) is 0 Å². The van der Waals surface area contributed by atoms with Gasteiger partial charge in [0.05, 0.1) is 16.2 Å². The second kappa shape index (κ2) is 7.75. The minimum Gasteiger partial charge on any atom is -0.476 e. The number of rotatable bonds is 8. The van der Waals surface area contributed by atoms with Gasteiger partial charge in [-0.3, -0.25) is 0 Å². The molecule has 7 nitrogen and oxygen atoms in total. The number of aliphatic carboxylic acids is 1. The molecule has 26 heavy (non-hydrogen) atoms. The van der Waals surface area contributed by atoms with Crippen molar-refractivity contribution >= 4 is 21.5 Å². The maximum atomic E-state index is 12.2. The van der Waals surface area contributed by atoms with Gasteiger partial charge in [-0.05, 0) is 44.7 Å². The monoisotopic (exact) mass is 381 g/mol. The van der Waals surface area contributed by atoms with Crippen LogP contribution in [-0.2, 0) is 24.2 Å². The highest BCUT2D eigenvalue weighted by molar-refractivity contribution is 7.92. The second-order valence-corrected chi connectivity index (χ2v) is 8.86. The fourth-order valence-electron chi connectivity index (χ4n) is 3.10. The molecule has 2 fully saturated rings. The van der Waals surface area contributed by atoms with Crippen molar-refractivity contribution in [2.75, 3.05) is 6.61 Å². The molecule has 1 aromatic rings. The minimum absolute atomic E-state index is 0.125. The summed E-state index contributed by atoms with van der Waals surface area (Å²) in [4.78, 5) is 17.1. The van der Waals surface area contributed by atoms with E-state index in [1.807, 2.05) is 6.92 Å². The summed E-state index contributed by atoms with van der Waals surface area (Å²) >= 11 is 0. The van der Waals surface area contributed by atoms with Gasteiger partial charge in [-0.2, -0.15) is 0 Å². The Bertz CT molecular complexity index is 782. The third kappa shape index (κ3) is 4.24. The average Bonchev–Trinajstić information content (AvgIpc) is 3.38. The van der Waals surface area contributed by atoms with Crippen LogP contribution in [0.2, 0.25) is 0 Å². The molecule has 142 valence electrons. The van der Waals surface area contributed by atoms with Crippen LogP contribution in [0.3, 0.4) is 0 Å². The normalized spacial score (nSPS) is 23.8. The van der Waals surface area contributed by atoms with E-state index >= 15 is 0 Å².